The van der Waals surface area contributed by atoms with Gasteiger partial charge in [-0.2, -0.15) is 0 Å². The fourth-order valence-corrected chi connectivity index (χ4v) is 6.56. The minimum Gasteiger partial charge on any atom is -0.337 e. The summed E-state index contributed by atoms with van der Waals surface area (Å²) in [4.78, 5) is 42.5. The number of likely N-dealkylation sites (N-methyl/N-ethyl adjacent to an activating group) is 1. The smallest absolute Gasteiger partial charge is 0.326 e. The number of nitrogens with one attached hydrogen (secondary N) is 1. The molecule has 4 rings (SSSR count). The number of aryl methyl sites for hydroxylation is 2. The van der Waals surface area contributed by atoms with Gasteiger partial charge >= 0.3 is 6.03 Å². The van der Waals surface area contributed by atoms with Crippen LogP contribution in [-0.2, 0) is 25.0 Å². The number of carbonyl (C=O) groups excluding carboxylic acids is 3. The van der Waals surface area contributed by atoms with E-state index in [4.69, 9.17) is 0 Å². The second-order valence-corrected chi connectivity index (χ2v) is 11.2. The third kappa shape index (κ3) is 4.09. The van der Waals surface area contributed by atoms with Crippen LogP contribution in [0, 0.1) is 13.8 Å². The lowest BCUT2D eigenvalue weighted by molar-refractivity contribution is -0.139. The third-order valence-electron chi connectivity index (χ3n) is 6.86. The lowest BCUT2D eigenvalue weighted by Gasteiger charge is -2.30. The van der Waals surface area contributed by atoms with E-state index in [2.05, 4.69) is 5.32 Å². The van der Waals surface area contributed by atoms with Gasteiger partial charge in [0.25, 0.3) is 5.91 Å². The number of sulfone groups is 1. The highest BCUT2D eigenvalue weighted by atomic mass is 32.2. The van der Waals surface area contributed by atoms with E-state index < -0.39 is 45.8 Å². The highest BCUT2D eigenvalue weighted by molar-refractivity contribution is 7.91. The van der Waals surface area contributed by atoms with Crippen LogP contribution in [0.1, 0.15) is 35.6 Å². The van der Waals surface area contributed by atoms with Gasteiger partial charge in [0.1, 0.15) is 6.54 Å². The Bertz CT molecular complexity index is 1240. The quantitative estimate of drug-likeness (QED) is 0.634. The fourth-order valence-electron chi connectivity index (χ4n) is 4.83. The summed E-state index contributed by atoms with van der Waals surface area (Å²) in [5.74, 6) is -1.04. The lowest BCUT2D eigenvalue weighted by Crippen LogP contribution is -2.49. The molecular weight excluding hydrogens is 454 g/mol. The molecule has 2 heterocycles. The van der Waals surface area contributed by atoms with Crippen LogP contribution in [0.4, 0.5) is 4.79 Å². The molecule has 2 atom stereocenters. The van der Waals surface area contributed by atoms with E-state index in [-0.39, 0.29) is 11.5 Å². The molecule has 0 radical (unpaired) electrons. The van der Waals surface area contributed by atoms with Crippen molar-refractivity contribution in [3.05, 3.63) is 70.8 Å². The van der Waals surface area contributed by atoms with Crippen molar-refractivity contribution < 1.29 is 22.8 Å². The number of hydrogen-bond acceptors (Lipinski definition) is 5. The summed E-state index contributed by atoms with van der Waals surface area (Å²) in [5.41, 5.74) is 1.79. The van der Waals surface area contributed by atoms with E-state index in [1.165, 1.54) is 4.90 Å². The summed E-state index contributed by atoms with van der Waals surface area (Å²) in [7, 11) is -3.18. The largest absolute Gasteiger partial charge is 0.337 e. The van der Waals surface area contributed by atoms with Crippen molar-refractivity contribution in [1.29, 1.82) is 0 Å². The molecule has 180 valence electrons. The Balaban J connectivity index is 1.68. The van der Waals surface area contributed by atoms with E-state index in [9.17, 15) is 22.8 Å². The molecule has 1 N–H and O–H groups in total. The Kier molecular flexibility index (Phi) is 6.24. The zero-order valence-corrected chi connectivity index (χ0v) is 20.4. The molecule has 2 saturated heterocycles. The van der Waals surface area contributed by atoms with E-state index in [0.717, 1.165) is 16.0 Å². The summed E-state index contributed by atoms with van der Waals surface area (Å²) in [6, 6.07) is 13.5. The molecule has 0 bridgehead atoms. The van der Waals surface area contributed by atoms with Gasteiger partial charge < -0.3 is 10.2 Å². The minimum absolute atomic E-state index is 0.0362. The molecule has 2 aliphatic heterocycles. The number of imide groups is 1. The summed E-state index contributed by atoms with van der Waals surface area (Å²) in [6.07, 6.45) is 0.360. The summed E-state index contributed by atoms with van der Waals surface area (Å²) >= 11 is 0. The van der Waals surface area contributed by atoms with E-state index in [1.54, 1.807) is 31.2 Å². The van der Waals surface area contributed by atoms with Crippen LogP contribution in [0.25, 0.3) is 0 Å². The average molecular weight is 484 g/mol. The number of carbonyl (C=O) groups is 3. The Morgan fingerprint density at radius 3 is 2.38 bits per heavy atom. The maximum atomic E-state index is 13.9. The number of benzene rings is 2. The van der Waals surface area contributed by atoms with Crippen molar-refractivity contribution in [2.75, 3.05) is 24.6 Å². The first-order valence-corrected chi connectivity index (χ1v) is 13.2. The Hall–Kier alpha value is -3.20. The number of amides is 4. The topological polar surface area (TPSA) is 104 Å². The Morgan fingerprint density at radius 1 is 1.09 bits per heavy atom. The normalized spacial score (nSPS) is 23.7. The molecule has 0 aromatic heterocycles. The van der Waals surface area contributed by atoms with Gasteiger partial charge in [-0.25, -0.2) is 13.2 Å². The molecule has 9 heteroatoms. The highest BCUT2D eigenvalue weighted by Crippen LogP contribution is 2.37. The molecule has 2 aromatic carbocycles. The van der Waals surface area contributed by atoms with Crippen molar-refractivity contribution in [3.63, 3.8) is 0 Å². The van der Waals surface area contributed by atoms with Crippen LogP contribution in [0.3, 0.4) is 0 Å². The van der Waals surface area contributed by atoms with Gasteiger partial charge in [-0.3, -0.25) is 14.5 Å². The van der Waals surface area contributed by atoms with Crippen LogP contribution in [-0.4, -0.2) is 66.7 Å². The number of nitrogens with zero attached hydrogens (tertiary/aromatic N) is 2. The van der Waals surface area contributed by atoms with Crippen molar-refractivity contribution in [1.82, 2.24) is 15.1 Å². The van der Waals surface area contributed by atoms with E-state index in [1.807, 2.05) is 38.1 Å². The third-order valence-corrected chi connectivity index (χ3v) is 8.61. The summed E-state index contributed by atoms with van der Waals surface area (Å²) in [5, 5.41) is 2.86. The molecule has 0 aliphatic carbocycles. The monoisotopic (exact) mass is 483 g/mol. The van der Waals surface area contributed by atoms with Crippen LogP contribution < -0.4 is 5.32 Å². The fraction of sp³-hybridized carbons (Fsp3) is 0.400. The van der Waals surface area contributed by atoms with Gasteiger partial charge in [-0.15, -0.1) is 0 Å². The Morgan fingerprint density at radius 2 is 1.79 bits per heavy atom. The maximum Gasteiger partial charge on any atom is 0.326 e. The molecule has 4 amide bonds. The minimum atomic E-state index is -3.18. The SMILES string of the molecule is CCN(C(=O)CN1C(=O)N[C@](c2ccccc2)(c2ccc(C)c(C)c2)C1=O)[C@@H]1CCS(=O)(=O)C1. The second kappa shape index (κ2) is 8.87. The number of hydrogen-bond donors (Lipinski definition) is 1. The number of rotatable bonds is 6. The van der Waals surface area contributed by atoms with Crippen LogP contribution in [0.5, 0.6) is 0 Å². The molecule has 2 aliphatic rings. The molecule has 8 nitrogen and oxygen atoms in total. The average Bonchev–Trinajstić information content (AvgIpc) is 3.28. The predicted octanol–water partition coefficient (Wildman–Crippen LogP) is 2.13. The van der Waals surface area contributed by atoms with Gasteiger partial charge in [0.2, 0.25) is 5.91 Å². The van der Waals surface area contributed by atoms with Gasteiger partial charge in [-0.1, -0.05) is 48.5 Å². The first-order valence-electron chi connectivity index (χ1n) is 11.4. The van der Waals surface area contributed by atoms with E-state index >= 15 is 0 Å². The molecule has 0 saturated carbocycles. The molecule has 0 spiro atoms. The molecular formula is C25H29N3O5S. The molecule has 34 heavy (non-hydrogen) atoms. The van der Waals surface area contributed by atoms with Crippen molar-refractivity contribution >= 4 is 27.7 Å². The first kappa shape index (κ1) is 23.9. The number of urea groups is 1. The lowest BCUT2D eigenvalue weighted by atomic mass is 9.81. The van der Waals surface area contributed by atoms with Gasteiger partial charge in [-0.05, 0) is 49.4 Å². The van der Waals surface area contributed by atoms with Crippen molar-refractivity contribution in [2.45, 2.75) is 38.8 Å². The van der Waals surface area contributed by atoms with Gasteiger partial charge in [0.15, 0.2) is 15.4 Å². The maximum absolute atomic E-state index is 13.9. The van der Waals surface area contributed by atoms with Crippen molar-refractivity contribution in [2.24, 2.45) is 0 Å². The standard InChI is InChI=1S/C25H29N3O5S/c1-4-27(21-12-13-34(32,33)16-21)22(29)15-28-23(30)25(26-24(28)31,19-8-6-5-7-9-19)20-11-10-17(2)18(3)14-20/h5-11,14,21H,4,12-13,15-16H2,1-3H3,(H,26,31)/t21-,25-/m1/s1. The van der Waals surface area contributed by atoms with Crippen LogP contribution in [0.15, 0.2) is 48.5 Å². The zero-order chi connectivity index (χ0) is 24.7. The second-order valence-electron chi connectivity index (χ2n) is 8.97. The van der Waals surface area contributed by atoms with Crippen LogP contribution >= 0.6 is 0 Å². The highest BCUT2D eigenvalue weighted by Gasteiger charge is 2.54. The molecule has 0 unspecified atom stereocenters. The Labute approximate surface area is 199 Å². The summed E-state index contributed by atoms with van der Waals surface area (Å²) in [6.45, 7) is 5.52. The van der Waals surface area contributed by atoms with Gasteiger partial charge in [0.05, 0.1) is 11.5 Å². The van der Waals surface area contributed by atoms with E-state index in [0.29, 0.717) is 24.1 Å². The molecule has 2 fully saturated rings. The van der Waals surface area contributed by atoms with Crippen LogP contribution in [0.2, 0.25) is 0 Å². The van der Waals surface area contributed by atoms with Crippen molar-refractivity contribution in [3.8, 4) is 0 Å². The first-order chi connectivity index (χ1) is 16.1. The summed E-state index contributed by atoms with van der Waals surface area (Å²) < 4.78 is 23.8. The van der Waals surface area contributed by atoms with Gasteiger partial charge in [0, 0.05) is 12.6 Å². The molecule has 2 aromatic rings. The zero-order valence-electron chi connectivity index (χ0n) is 19.6. The predicted molar refractivity (Wildman–Crippen MR) is 128 cm³/mol.